The number of allylic oxidation sites excluding steroid dienone is 1. The second-order valence-electron chi connectivity index (χ2n) is 4.46. The van der Waals surface area contributed by atoms with E-state index in [1.165, 1.54) is 18.2 Å². The van der Waals surface area contributed by atoms with Gasteiger partial charge in [-0.15, -0.1) is 0 Å². The Balaban J connectivity index is 2.34. The minimum atomic E-state index is -0.356. The van der Waals surface area contributed by atoms with Crippen molar-refractivity contribution in [3.63, 3.8) is 0 Å². The summed E-state index contributed by atoms with van der Waals surface area (Å²) in [6.45, 7) is 2.60. The van der Waals surface area contributed by atoms with Gasteiger partial charge >= 0.3 is 0 Å². The Labute approximate surface area is 101 Å². The molecule has 0 saturated heterocycles. The lowest BCUT2D eigenvalue weighted by molar-refractivity contribution is -0.422. The zero-order valence-corrected chi connectivity index (χ0v) is 10.1. The van der Waals surface area contributed by atoms with Gasteiger partial charge in [0.2, 0.25) is 5.70 Å². The lowest BCUT2D eigenvalue weighted by Gasteiger charge is -2.27. The van der Waals surface area contributed by atoms with E-state index in [0.717, 1.165) is 24.9 Å². The van der Waals surface area contributed by atoms with Crippen molar-refractivity contribution in [3.05, 3.63) is 45.1 Å². The number of hydrogen-bond donors (Lipinski definition) is 0. The average molecular weight is 232 g/mol. The van der Waals surface area contributed by atoms with Crippen LogP contribution in [0.3, 0.4) is 0 Å². The van der Waals surface area contributed by atoms with Crippen LogP contribution in [0.1, 0.15) is 24.5 Å². The number of anilines is 1. The van der Waals surface area contributed by atoms with E-state index >= 15 is 0 Å². The van der Waals surface area contributed by atoms with Gasteiger partial charge in [0, 0.05) is 32.3 Å². The Hall–Kier alpha value is -1.84. The van der Waals surface area contributed by atoms with Crippen molar-refractivity contribution in [2.45, 2.75) is 19.8 Å². The first-order valence-corrected chi connectivity index (χ1v) is 5.74. The standard InChI is InChI=1S/C13H16N2O2/c1-10(15(16)17)8-11-5-6-13-12(9-11)4-3-7-14(13)2/h5-6,8-9H,3-4,7H2,1-2H3/b10-8+. The molecule has 1 aliphatic heterocycles. The summed E-state index contributed by atoms with van der Waals surface area (Å²) in [6.07, 6.45) is 3.82. The molecule has 4 nitrogen and oxygen atoms in total. The van der Waals surface area contributed by atoms with Crippen molar-refractivity contribution in [2.75, 3.05) is 18.5 Å². The van der Waals surface area contributed by atoms with Gasteiger partial charge in [-0.25, -0.2) is 0 Å². The molecule has 17 heavy (non-hydrogen) atoms. The molecule has 0 aromatic heterocycles. The number of fused-ring (bicyclic) bond motifs is 1. The highest BCUT2D eigenvalue weighted by molar-refractivity contribution is 5.62. The summed E-state index contributed by atoms with van der Waals surface area (Å²) < 4.78 is 0. The Bertz CT molecular complexity index is 480. The molecule has 0 saturated carbocycles. The van der Waals surface area contributed by atoms with E-state index in [4.69, 9.17) is 0 Å². The van der Waals surface area contributed by atoms with E-state index in [-0.39, 0.29) is 10.6 Å². The summed E-state index contributed by atoms with van der Waals surface area (Å²) >= 11 is 0. The Morgan fingerprint density at radius 1 is 1.53 bits per heavy atom. The molecule has 1 aromatic carbocycles. The largest absolute Gasteiger partial charge is 0.374 e. The lowest BCUT2D eigenvalue weighted by Crippen LogP contribution is -2.24. The van der Waals surface area contributed by atoms with E-state index in [9.17, 15) is 10.1 Å². The van der Waals surface area contributed by atoms with Crippen molar-refractivity contribution < 1.29 is 4.92 Å². The van der Waals surface area contributed by atoms with Gasteiger partial charge in [-0.05, 0) is 36.1 Å². The van der Waals surface area contributed by atoms with Crippen molar-refractivity contribution in [1.29, 1.82) is 0 Å². The van der Waals surface area contributed by atoms with Crippen molar-refractivity contribution in [1.82, 2.24) is 0 Å². The Morgan fingerprint density at radius 2 is 2.29 bits per heavy atom. The lowest BCUT2D eigenvalue weighted by atomic mass is 9.99. The van der Waals surface area contributed by atoms with Gasteiger partial charge in [0.25, 0.3) is 0 Å². The van der Waals surface area contributed by atoms with Crippen LogP contribution in [-0.4, -0.2) is 18.5 Å². The summed E-state index contributed by atoms with van der Waals surface area (Å²) in [4.78, 5) is 12.4. The van der Waals surface area contributed by atoms with Gasteiger partial charge in [-0.1, -0.05) is 6.07 Å². The van der Waals surface area contributed by atoms with Crippen LogP contribution in [0.25, 0.3) is 6.08 Å². The van der Waals surface area contributed by atoms with Crippen LogP contribution >= 0.6 is 0 Å². The number of nitro groups is 1. The number of aryl methyl sites for hydroxylation is 1. The highest BCUT2D eigenvalue weighted by atomic mass is 16.6. The van der Waals surface area contributed by atoms with E-state index in [1.54, 1.807) is 6.08 Å². The van der Waals surface area contributed by atoms with Gasteiger partial charge in [-0.2, -0.15) is 0 Å². The molecule has 0 aliphatic carbocycles. The normalized spacial score (nSPS) is 15.6. The minimum absolute atomic E-state index is 0.175. The van der Waals surface area contributed by atoms with Crippen molar-refractivity contribution >= 4 is 11.8 Å². The topological polar surface area (TPSA) is 46.4 Å². The molecular weight excluding hydrogens is 216 g/mol. The predicted octanol–water partition coefficient (Wildman–Crippen LogP) is 2.71. The molecule has 1 aliphatic rings. The molecule has 0 unspecified atom stereocenters. The second-order valence-corrected chi connectivity index (χ2v) is 4.46. The molecule has 0 atom stereocenters. The van der Waals surface area contributed by atoms with Crippen LogP contribution in [-0.2, 0) is 6.42 Å². The van der Waals surface area contributed by atoms with Gasteiger partial charge < -0.3 is 4.90 Å². The number of rotatable bonds is 2. The first-order valence-electron chi connectivity index (χ1n) is 5.74. The van der Waals surface area contributed by atoms with Gasteiger partial charge in [-0.3, -0.25) is 10.1 Å². The Morgan fingerprint density at radius 3 is 3.00 bits per heavy atom. The average Bonchev–Trinajstić information content (AvgIpc) is 2.29. The first kappa shape index (κ1) is 11.6. The SMILES string of the molecule is C/C(=C\c1ccc2c(c1)CCCN2C)[N+](=O)[O-]. The van der Waals surface area contributed by atoms with E-state index < -0.39 is 0 Å². The molecule has 0 amide bonds. The molecule has 0 radical (unpaired) electrons. The molecule has 0 fully saturated rings. The molecule has 0 bridgehead atoms. The van der Waals surface area contributed by atoms with Crippen LogP contribution in [0.2, 0.25) is 0 Å². The highest BCUT2D eigenvalue weighted by Crippen LogP contribution is 2.27. The third kappa shape index (κ3) is 2.46. The summed E-state index contributed by atoms with van der Waals surface area (Å²) in [5.74, 6) is 0. The summed E-state index contributed by atoms with van der Waals surface area (Å²) in [6, 6.07) is 6.04. The fourth-order valence-electron chi connectivity index (χ4n) is 2.19. The second kappa shape index (κ2) is 4.57. The van der Waals surface area contributed by atoms with Gasteiger partial charge in [0.1, 0.15) is 0 Å². The fraction of sp³-hybridized carbons (Fsp3) is 0.385. The Kier molecular flexibility index (Phi) is 3.13. The third-order valence-electron chi connectivity index (χ3n) is 3.12. The smallest absolute Gasteiger partial charge is 0.243 e. The van der Waals surface area contributed by atoms with E-state index in [0.29, 0.717) is 0 Å². The van der Waals surface area contributed by atoms with Crippen LogP contribution in [0.5, 0.6) is 0 Å². The molecule has 0 spiro atoms. The maximum absolute atomic E-state index is 10.6. The molecule has 0 N–H and O–H groups in total. The van der Waals surface area contributed by atoms with Gasteiger partial charge in [0.05, 0.1) is 4.92 Å². The van der Waals surface area contributed by atoms with Gasteiger partial charge in [0.15, 0.2) is 0 Å². The van der Waals surface area contributed by atoms with Crippen LogP contribution < -0.4 is 4.90 Å². The molecule has 90 valence electrons. The van der Waals surface area contributed by atoms with E-state index in [1.807, 2.05) is 12.1 Å². The highest BCUT2D eigenvalue weighted by Gasteiger charge is 2.13. The quantitative estimate of drug-likeness (QED) is 0.581. The fourth-order valence-corrected chi connectivity index (χ4v) is 2.19. The maximum Gasteiger partial charge on any atom is 0.243 e. The summed E-state index contributed by atoms with van der Waals surface area (Å²) in [5, 5.41) is 10.6. The van der Waals surface area contributed by atoms with Crippen LogP contribution in [0.15, 0.2) is 23.9 Å². The van der Waals surface area contributed by atoms with Crippen molar-refractivity contribution in [3.8, 4) is 0 Å². The number of hydrogen-bond acceptors (Lipinski definition) is 3. The number of nitrogens with zero attached hydrogens (tertiary/aromatic N) is 2. The summed E-state index contributed by atoms with van der Waals surface area (Å²) in [5.41, 5.74) is 3.61. The minimum Gasteiger partial charge on any atom is -0.374 e. The van der Waals surface area contributed by atoms with Crippen LogP contribution in [0.4, 0.5) is 5.69 Å². The molecule has 1 aromatic rings. The molecular formula is C13H16N2O2. The maximum atomic E-state index is 10.6. The monoisotopic (exact) mass is 232 g/mol. The van der Waals surface area contributed by atoms with Crippen molar-refractivity contribution in [2.24, 2.45) is 0 Å². The zero-order valence-electron chi connectivity index (χ0n) is 10.1. The first-order chi connectivity index (χ1) is 8.08. The molecule has 1 heterocycles. The molecule has 4 heteroatoms. The zero-order chi connectivity index (χ0) is 12.4. The summed E-state index contributed by atoms with van der Waals surface area (Å²) in [7, 11) is 2.08. The van der Waals surface area contributed by atoms with Crippen LogP contribution in [0, 0.1) is 10.1 Å². The third-order valence-corrected chi connectivity index (χ3v) is 3.12. The molecule has 2 rings (SSSR count). The predicted molar refractivity (Wildman–Crippen MR) is 68.7 cm³/mol. The number of benzene rings is 1. The van der Waals surface area contributed by atoms with E-state index in [2.05, 4.69) is 18.0 Å².